The van der Waals surface area contributed by atoms with Gasteiger partial charge in [0.25, 0.3) is 5.91 Å². The molecule has 5 nitrogen and oxygen atoms in total. The van der Waals surface area contributed by atoms with Gasteiger partial charge in [0.2, 0.25) is 0 Å². The molecule has 1 aromatic heterocycles. The molecule has 0 radical (unpaired) electrons. The van der Waals surface area contributed by atoms with Gasteiger partial charge in [-0.3, -0.25) is 9.48 Å². The summed E-state index contributed by atoms with van der Waals surface area (Å²) in [7, 11) is 0. The molecule has 0 atom stereocenters. The Morgan fingerprint density at radius 3 is 2.94 bits per heavy atom. The molecule has 0 aromatic carbocycles. The average Bonchev–Trinajstić information content (AvgIpc) is 2.70. The van der Waals surface area contributed by atoms with Crippen LogP contribution in [0.25, 0.3) is 0 Å². The fourth-order valence-electron chi connectivity index (χ4n) is 1.58. The lowest BCUT2D eigenvalue weighted by Crippen LogP contribution is -2.27. The van der Waals surface area contributed by atoms with E-state index in [0.29, 0.717) is 25.4 Å². The Hall–Kier alpha value is -1.36. The van der Waals surface area contributed by atoms with E-state index in [9.17, 15) is 4.79 Å². The van der Waals surface area contributed by atoms with Crippen molar-refractivity contribution < 1.29 is 9.53 Å². The van der Waals surface area contributed by atoms with Gasteiger partial charge in [-0.25, -0.2) is 0 Å². The second-order valence-electron chi connectivity index (χ2n) is 3.79. The number of amides is 1. The normalized spacial score (nSPS) is 10.5. The van der Waals surface area contributed by atoms with Crippen LogP contribution in [0.3, 0.4) is 0 Å². The van der Waals surface area contributed by atoms with Crippen molar-refractivity contribution in [1.29, 1.82) is 0 Å². The van der Waals surface area contributed by atoms with Crippen LogP contribution in [-0.2, 0) is 11.3 Å². The summed E-state index contributed by atoms with van der Waals surface area (Å²) in [5.41, 5.74) is 1.49. The number of aryl methyl sites for hydroxylation is 2. The highest BCUT2D eigenvalue weighted by molar-refractivity contribution is 5.92. The lowest BCUT2D eigenvalue weighted by atomic mass is 10.3. The number of rotatable bonds is 7. The molecule has 0 fully saturated rings. The maximum Gasteiger partial charge on any atom is 0.269 e. The first-order valence-electron chi connectivity index (χ1n) is 6.09. The van der Waals surface area contributed by atoms with Gasteiger partial charge in [-0.1, -0.05) is 0 Å². The average molecular weight is 239 g/mol. The number of hydrogen-bond donors (Lipinski definition) is 1. The van der Waals surface area contributed by atoms with Crippen molar-refractivity contribution in [3.05, 3.63) is 17.5 Å². The SMILES string of the molecule is CCOCCCNC(=O)c1cc(C)nn1CC. The molecule has 1 aromatic rings. The van der Waals surface area contributed by atoms with Crippen molar-refractivity contribution in [3.63, 3.8) is 0 Å². The molecule has 1 heterocycles. The van der Waals surface area contributed by atoms with Crippen LogP contribution in [0.5, 0.6) is 0 Å². The number of nitrogens with one attached hydrogen (secondary N) is 1. The first-order chi connectivity index (χ1) is 8.19. The summed E-state index contributed by atoms with van der Waals surface area (Å²) in [4.78, 5) is 11.9. The van der Waals surface area contributed by atoms with E-state index in [1.165, 1.54) is 0 Å². The number of aromatic nitrogens is 2. The van der Waals surface area contributed by atoms with E-state index < -0.39 is 0 Å². The van der Waals surface area contributed by atoms with Crippen LogP contribution >= 0.6 is 0 Å². The summed E-state index contributed by atoms with van der Waals surface area (Å²) < 4.78 is 6.92. The topological polar surface area (TPSA) is 56.1 Å². The third-order valence-electron chi connectivity index (χ3n) is 2.39. The third kappa shape index (κ3) is 4.19. The lowest BCUT2D eigenvalue weighted by molar-refractivity contribution is 0.0933. The Balaban J connectivity index is 2.41. The lowest BCUT2D eigenvalue weighted by Gasteiger charge is -2.06. The summed E-state index contributed by atoms with van der Waals surface area (Å²) in [5, 5.41) is 7.11. The largest absolute Gasteiger partial charge is 0.382 e. The predicted octanol–water partition coefficient (Wildman–Crippen LogP) is 1.37. The van der Waals surface area contributed by atoms with Gasteiger partial charge in [0.05, 0.1) is 5.69 Å². The minimum absolute atomic E-state index is 0.0658. The molecule has 1 N–H and O–H groups in total. The van der Waals surface area contributed by atoms with Crippen LogP contribution < -0.4 is 5.32 Å². The van der Waals surface area contributed by atoms with Gasteiger partial charge in [-0.05, 0) is 33.3 Å². The van der Waals surface area contributed by atoms with Crippen LogP contribution in [-0.4, -0.2) is 35.4 Å². The minimum Gasteiger partial charge on any atom is -0.382 e. The van der Waals surface area contributed by atoms with Crippen molar-refractivity contribution in [2.45, 2.75) is 33.7 Å². The second kappa shape index (κ2) is 7.06. The maximum absolute atomic E-state index is 11.9. The molecule has 0 aliphatic carbocycles. The number of carbonyl (C=O) groups is 1. The Labute approximate surface area is 102 Å². The van der Waals surface area contributed by atoms with Crippen molar-refractivity contribution in [3.8, 4) is 0 Å². The molecule has 1 rings (SSSR count). The molecule has 96 valence electrons. The quantitative estimate of drug-likeness (QED) is 0.731. The highest BCUT2D eigenvalue weighted by Gasteiger charge is 2.11. The number of hydrogen-bond acceptors (Lipinski definition) is 3. The molecule has 0 aliphatic heterocycles. The Bertz CT molecular complexity index is 361. The van der Waals surface area contributed by atoms with Crippen molar-refractivity contribution in [2.24, 2.45) is 0 Å². The van der Waals surface area contributed by atoms with Crippen LogP contribution in [0.15, 0.2) is 6.07 Å². The predicted molar refractivity (Wildman–Crippen MR) is 66.1 cm³/mol. The van der Waals surface area contributed by atoms with Crippen LogP contribution in [0.1, 0.15) is 36.5 Å². The number of nitrogens with zero attached hydrogens (tertiary/aromatic N) is 2. The summed E-state index contributed by atoms with van der Waals surface area (Å²) >= 11 is 0. The van der Waals surface area contributed by atoms with Crippen molar-refractivity contribution in [2.75, 3.05) is 19.8 Å². The molecule has 0 saturated heterocycles. The first kappa shape index (κ1) is 13.7. The zero-order chi connectivity index (χ0) is 12.7. The Kier molecular flexibility index (Phi) is 5.69. The maximum atomic E-state index is 11.9. The fraction of sp³-hybridized carbons (Fsp3) is 0.667. The highest BCUT2D eigenvalue weighted by atomic mass is 16.5. The van der Waals surface area contributed by atoms with Gasteiger partial charge in [0, 0.05) is 26.3 Å². The highest BCUT2D eigenvalue weighted by Crippen LogP contribution is 2.03. The van der Waals surface area contributed by atoms with Crippen molar-refractivity contribution >= 4 is 5.91 Å². The van der Waals surface area contributed by atoms with E-state index in [0.717, 1.165) is 18.7 Å². The number of carbonyl (C=O) groups excluding carboxylic acids is 1. The van der Waals surface area contributed by atoms with Gasteiger partial charge < -0.3 is 10.1 Å². The van der Waals surface area contributed by atoms with Gasteiger partial charge in [-0.2, -0.15) is 5.10 Å². The molecular weight excluding hydrogens is 218 g/mol. The monoisotopic (exact) mass is 239 g/mol. The standard InChI is InChI=1S/C12H21N3O2/c1-4-15-11(9-10(3)14-15)12(16)13-7-6-8-17-5-2/h9H,4-8H2,1-3H3,(H,13,16). The van der Waals surface area contributed by atoms with E-state index in [1.54, 1.807) is 10.7 Å². The summed E-state index contributed by atoms with van der Waals surface area (Å²) in [6, 6.07) is 1.81. The smallest absolute Gasteiger partial charge is 0.269 e. The zero-order valence-electron chi connectivity index (χ0n) is 10.8. The van der Waals surface area contributed by atoms with E-state index in [4.69, 9.17) is 4.74 Å². The fourth-order valence-corrected chi connectivity index (χ4v) is 1.58. The Morgan fingerprint density at radius 1 is 1.53 bits per heavy atom. The van der Waals surface area contributed by atoms with Crippen molar-refractivity contribution in [1.82, 2.24) is 15.1 Å². The molecule has 1 amide bonds. The minimum atomic E-state index is -0.0658. The molecule has 0 spiro atoms. The molecule has 0 saturated carbocycles. The summed E-state index contributed by atoms with van der Waals surface area (Å²) in [6.45, 7) is 8.55. The van der Waals surface area contributed by atoms with E-state index in [-0.39, 0.29) is 5.91 Å². The van der Waals surface area contributed by atoms with Gasteiger partial charge in [0.1, 0.15) is 5.69 Å². The number of ether oxygens (including phenoxy) is 1. The summed E-state index contributed by atoms with van der Waals surface area (Å²) in [6.07, 6.45) is 0.832. The molecule has 0 bridgehead atoms. The second-order valence-corrected chi connectivity index (χ2v) is 3.79. The van der Waals surface area contributed by atoms with Crippen LogP contribution in [0, 0.1) is 6.92 Å². The van der Waals surface area contributed by atoms with E-state index in [2.05, 4.69) is 10.4 Å². The summed E-state index contributed by atoms with van der Waals surface area (Å²) in [5.74, 6) is -0.0658. The van der Waals surface area contributed by atoms with Crippen LogP contribution in [0.4, 0.5) is 0 Å². The molecule has 17 heavy (non-hydrogen) atoms. The Morgan fingerprint density at radius 2 is 2.29 bits per heavy atom. The van der Waals surface area contributed by atoms with E-state index in [1.807, 2.05) is 20.8 Å². The third-order valence-corrected chi connectivity index (χ3v) is 2.39. The molecule has 0 aliphatic rings. The molecule has 0 unspecified atom stereocenters. The van der Waals surface area contributed by atoms with Crippen LogP contribution in [0.2, 0.25) is 0 Å². The molecular formula is C12H21N3O2. The van der Waals surface area contributed by atoms with E-state index >= 15 is 0 Å². The van der Waals surface area contributed by atoms with Gasteiger partial charge in [-0.15, -0.1) is 0 Å². The zero-order valence-corrected chi connectivity index (χ0v) is 10.8. The van der Waals surface area contributed by atoms with Gasteiger partial charge in [0.15, 0.2) is 0 Å². The molecule has 5 heteroatoms. The first-order valence-corrected chi connectivity index (χ1v) is 6.09. The van der Waals surface area contributed by atoms with Gasteiger partial charge >= 0.3 is 0 Å².